The average Bonchev–Trinajstić information content (AvgIpc) is 3.56. The van der Waals surface area contributed by atoms with Gasteiger partial charge in [-0.1, -0.05) is 48.5 Å². The fourth-order valence-corrected chi connectivity index (χ4v) is 5.73. The molecule has 1 unspecified atom stereocenters. The van der Waals surface area contributed by atoms with Gasteiger partial charge in [-0.25, -0.2) is 26.3 Å². The van der Waals surface area contributed by atoms with Crippen LogP contribution in [0.25, 0.3) is 11.1 Å². The molecule has 6 nitrogen and oxygen atoms in total. The molecular formula is C24H27F3N2O4S. The number of sulfonamides is 1. The molecule has 1 spiro atoms. The maximum absolute atomic E-state index is 15.6. The van der Waals surface area contributed by atoms with E-state index in [4.69, 9.17) is 4.74 Å². The minimum absolute atomic E-state index is 0.0564. The molecule has 1 amide bonds. The monoisotopic (exact) mass is 496 g/mol. The smallest absolute Gasteiger partial charge is 0.259 e. The first kappa shape index (κ1) is 24.7. The Morgan fingerprint density at radius 2 is 1.91 bits per heavy atom. The quantitative estimate of drug-likeness (QED) is 0.579. The predicted octanol–water partition coefficient (Wildman–Crippen LogP) is 3.23. The van der Waals surface area contributed by atoms with Crippen LogP contribution in [0.3, 0.4) is 0 Å². The molecule has 1 saturated carbocycles. The summed E-state index contributed by atoms with van der Waals surface area (Å²) in [6.07, 6.45) is -0.805. The highest BCUT2D eigenvalue weighted by molar-refractivity contribution is 7.89. The van der Waals surface area contributed by atoms with Gasteiger partial charge in [0.1, 0.15) is 5.82 Å². The summed E-state index contributed by atoms with van der Waals surface area (Å²) in [5, 5.41) is 0. The molecule has 2 aromatic carbocycles. The number of methoxy groups -OCH3 is 1. The summed E-state index contributed by atoms with van der Waals surface area (Å²) in [7, 11) is -3.00. The second-order valence-corrected chi connectivity index (χ2v) is 10.7. The van der Waals surface area contributed by atoms with Crippen LogP contribution in [0.1, 0.15) is 18.4 Å². The van der Waals surface area contributed by atoms with Crippen molar-refractivity contribution in [1.29, 1.82) is 0 Å². The molecule has 1 aliphatic heterocycles. The van der Waals surface area contributed by atoms with Crippen molar-refractivity contribution in [2.75, 3.05) is 26.3 Å². The summed E-state index contributed by atoms with van der Waals surface area (Å²) in [5.74, 6) is -1.35. The van der Waals surface area contributed by atoms with Gasteiger partial charge in [-0.15, -0.1) is 0 Å². The topological polar surface area (TPSA) is 75.7 Å². The van der Waals surface area contributed by atoms with Gasteiger partial charge in [0.05, 0.1) is 12.6 Å². The van der Waals surface area contributed by atoms with E-state index in [2.05, 4.69) is 4.72 Å². The van der Waals surface area contributed by atoms with Crippen LogP contribution in [0.15, 0.2) is 48.5 Å². The van der Waals surface area contributed by atoms with Crippen molar-refractivity contribution in [3.63, 3.8) is 0 Å². The first-order valence-electron chi connectivity index (χ1n) is 11.0. The molecule has 3 atom stereocenters. The minimum Gasteiger partial charge on any atom is -0.381 e. The lowest BCUT2D eigenvalue weighted by atomic mass is 9.91. The number of hydrogen-bond donors (Lipinski definition) is 1. The molecule has 1 saturated heterocycles. The lowest BCUT2D eigenvalue weighted by Crippen LogP contribution is -2.51. The van der Waals surface area contributed by atoms with Crippen molar-refractivity contribution in [3.8, 4) is 11.1 Å². The van der Waals surface area contributed by atoms with Crippen LogP contribution < -0.4 is 4.72 Å². The number of nitrogens with zero attached hydrogens (tertiary/aromatic N) is 1. The largest absolute Gasteiger partial charge is 0.381 e. The fourth-order valence-electron chi connectivity index (χ4n) is 4.87. The van der Waals surface area contributed by atoms with Gasteiger partial charge in [0, 0.05) is 30.7 Å². The van der Waals surface area contributed by atoms with E-state index in [1.54, 1.807) is 42.5 Å². The van der Waals surface area contributed by atoms with Crippen molar-refractivity contribution in [2.24, 2.45) is 5.41 Å². The Bertz CT molecular complexity index is 1140. The Morgan fingerprint density at radius 1 is 1.21 bits per heavy atom. The maximum Gasteiger partial charge on any atom is 0.259 e. The van der Waals surface area contributed by atoms with E-state index < -0.39 is 58.0 Å². The third-order valence-corrected chi connectivity index (χ3v) is 7.63. The molecule has 2 fully saturated rings. The number of carbonyl (C=O) groups excluding carboxylic acids is 1. The zero-order chi connectivity index (χ0) is 24.5. The SMILES string of the molecule is COCC(F)C(=O)N1CC2(CC2)[C@H](NS(=O)(=O)CF)[C@@H]1Cc1cccc(-c2ccccc2)c1F. The fraction of sp³-hybridized carbons (Fsp3) is 0.458. The highest BCUT2D eigenvalue weighted by atomic mass is 32.2. The molecule has 184 valence electrons. The number of rotatable bonds is 9. The molecule has 4 rings (SSSR count). The van der Waals surface area contributed by atoms with E-state index in [0.717, 1.165) is 0 Å². The van der Waals surface area contributed by atoms with Gasteiger partial charge in [0.2, 0.25) is 22.2 Å². The first-order valence-corrected chi connectivity index (χ1v) is 12.7. The van der Waals surface area contributed by atoms with Gasteiger partial charge in [-0.05, 0) is 30.4 Å². The van der Waals surface area contributed by atoms with Crippen LogP contribution in [0.5, 0.6) is 0 Å². The molecule has 1 aliphatic carbocycles. The van der Waals surface area contributed by atoms with Crippen LogP contribution >= 0.6 is 0 Å². The summed E-state index contributed by atoms with van der Waals surface area (Å²) in [5.41, 5.74) is 0.661. The van der Waals surface area contributed by atoms with Gasteiger partial charge < -0.3 is 9.64 Å². The molecular weight excluding hydrogens is 469 g/mol. The van der Waals surface area contributed by atoms with E-state index in [9.17, 15) is 22.0 Å². The van der Waals surface area contributed by atoms with Crippen molar-refractivity contribution in [3.05, 3.63) is 59.9 Å². The zero-order valence-electron chi connectivity index (χ0n) is 18.7. The van der Waals surface area contributed by atoms with E-state index in [1.807, 2.05) is 6.07 Å². The molecule has 2 aliphatic rings. The van der Waals surface area contributed by atoms with Gasteiger partial charge in [0.15, 0.2) is 0 Å². The van der Waals surface area contributed by atoms with Gasteiger partial charge >= 0.3 is 0 Å². The molecule has 0 radical (unpaired) electrons. The number of nitrogens with one attached hydrogen (secondary N) is 1. The number of halogens is 3. The van der Waals surface area contributed by atoms with E-state index in [-0.39, 0.29) is 18.5 Å². The summed E-state index contributed by atoms with van der Waals surface area (Å²) in [6, 6.07) is 10.4. The third kappa shape index (κ3) is 4.85. The Labute approximate surface area is 197 Å². The Morgan fingerprint density at radius 3 is 2.53 bits per heavy atom. The van der Waals surface area contributed by atoms with E-state index in [0.29, 0.717) is 24.0 Å². The lowest BCUT2D eigenvalue weighted by Gasteiger charge is -2.30. The standard InChI is InChI=1S/C24H27F3N2O4S/c1-33-13-19(26)23(30)29-14-24(10-11-24)22(28-34(31,32)15-25)20(29)12-17-8-5-9-18(21(17)27)16-6-3-2-4-7-16/h2-9,19-20,22,28H,10-15H2,1H3/t19?,20-,22+/m0/s1. The second kappa shape index (κ2) is 9.67. The minimum atomic E-state index is -4.27. The number of likely N-dealkylation sites (tertiary alicyclic amines) is 1. The first-order chi connectivity index (χ1) is 16.2. The number of hydrogen-bond acceptors (Lipinski definition) is 4. The number of benzene rings is 2. The van der Waals surface area contributed by atoms with Gasteiger partial charge in [-0.2, -0.15) is 0 Å². The molecule has 0 aromatic heterocycles. The molecule has 1 N–H and O–H groups in total. The van der Waals surface area contributed by atoms with Gasteiger partial charge in [0.25, 0.3) is 5.91 Å². The number of carbonyl (C=O) groups is 1. The van der Waals surface area contributed by atoms with E-state index in [1.165, 1.54) is 12.0 Å². The normalized spacial score (nSPS) is 22.2. The Balaban J connectivity index is 1.71. The molecule has 1 heterocycles. The second-order valence-electron chi connectivity index (χ2n) is 8.99. The summed E-state index contributed by atoms with van der Waals surface area (Å²) >= 11 is 0. The predicted molar refractivity (Wildman–Crippen MR) is 121 cm³/mol. The summed E-state index contributed by atoms with van der Waals surface area (Å²) < 4.78 is 74.7. The number of amides is 1. The molecule has 10 heteroatoms. The van der Waals surface area contributed by atoms with Crippen molar-refractivity contribution in [2.45, 2.75) is 37.5 Å². The highest BCUT2D eigenvalue weighted by Gasteiger charge is 2.61. The lowest BCUT2D eigenvalue weighted by molar-refractivity contribution is -0.139. The Hall–Kier alpha value is -2.43. The van der Waals surface area contributed by atoms with Crippen LogP contribution in [0, 0.1) is 11.2 Å². The van der Waals surface area contributed by atoms with Crippen molar-refractivity contribution in [1.82, 2.24) is 9.62 Å². The maximum atomic E-state index is 15.6. The van der Waals surface area contributed by atoms with Crippen LogP contribution in [0.4, 0.5) is 13.2 Å². The number of alkyl halides is 2. The zero-order valence-corrected chi connectivity index (χ0v) is 19.5. The molecule has 34 heavy (non-hydrogen) atoms. The average molecular weight is 497 g/mol. The highest BCUT2D eigenvalue weighted by Crippen LogP contribution is 2.55. The molecule has 2 aromatic rings. The number of ether oxygens (including phenoxy) is 1. The van der Waals surface area contributed by atoms with Crippen molar-refractivity contribution >= 4 is 15.9 Å². The molecule has 0 bridgehead atoms. The van der Waals surface area contributed by atoms with Gasteiger partial charge in [-0.3, -0.25) is 4.79 Å². The Kier molecular flexibility index (Phi) is 7.02. The summed E-state index contributed by atoms with van der Waals surface area (Å²) in [4.78, 5) is 14.2. The van der Waals surface area contributed by atoms with Crippen LogP contribution in [-0.2, 0) is 26.0 Å². The van der Waals surface area contributed by atoms with Crippen LogP contribution in [0.2, 0.25) is 0 Å². The van der Waals surface area contributed by atoms with Crippen LogP contribution in [-0.4, -0.2) is 63.7 Å². The van der Waals surface area contributed by atoms with Crippen molar-refractivity contribution < 1.29 is 31.1 Å². The third-order valence-electron chi connectivity index (χ3n) is 6.73. The van der Waals surface area contributed by atoms with E-state index >= 15 is 4.39 Å². The summed E-state index contributed by atoms with van der Waals surface area (Å²) in [6.45, 7) is -0.339.